The van der Waals surface area contributed by atoms with Crippen LogP contribution in [0.4, 0.5) is 0 Å². The molecule has 0 N–H and O–H groups in total. The first kappa shape index (κ1) is 29.1. The van der Waals surface area contributed by atoms with Crippen LogP contribution in [0.3, 0.4) is 0 Å². The van der Waals surface area contributed by atoms with Gasteiger partial charge in [0.05, 0.1) is 0 Å². The van der Waals surface area contributed by atoms with Gasteiger partial charge in [-0.3, -0.25) is 0 Å². The van der Waals surface area contributed by atoms with Crippen LogP contribution in [-0.4, -0.2) is 43.4 Å². The van der Waals surface area contributed by atoms with Crippen LogP contribution in [0.25, 0.3) is 21.3 Å². The van der Waals surface area contributed by atoms with E-state index in [1.54, 1.807) is 0 Å². The van der Waals surface area contributed by atoms with Gasteiger partial charge in [-0.05, 0) is 0 Å². The van der Waals surface area contributed by atoms with Crippen LogP contribution in [0.15, 0.2) is 0 Å². The van der Waals surface area contributed by atoms with Gasteiger partial charge in [0.2, 0.25) is 0 Å². The van der Waals surface area contributed by atoms with E-state index in [4.69, 9.17) is 0 Å². The third-order valence-corrected chi connectivity index (χ3v) is 3.37. The van der Waals surface area contributed by atoms with Crippen molar-refractivity contribution < 1.29 is 16.8 Å². The first-order valence-electron chi connectivity index (χ1n) is 9.00. The van der Waals surface area contributed by atoms with Crippen molar-refractivity contribution in [1.82, 2.24) is 0 Å². The molecule has 4 nitrogen and oxygen atoms in total. The Bertz CT molecular complexity index is 238. The van der Waals surface area contributed by atoms with Crippen LogP contribution in [0, 0.1) is 0 Å². The molecule has 0 aliphatic carbocycles. The van der Waals surface area contributed by atoms with Gasteiger partial charge in [-0.15, -0.1) is 30.1 Å². The Balaban J connectivity index is -0.000000354. The molecule has 1 radical (unpaired) electrons. The molecule has 0 saturated heterocycles. The Labute approximate surface area is 163 Å². The maximum Gasteiger partial charge on any atom is 0 e. The van der Waals surface area contributed by atoms with Crippen molar-refractivity contribution in [1.29, 1.82) is 0 Å². The summed E-state index contributed by atoms with van der Waals surface area (Å²) in [6.45, 7) is 19.0. The maximum atomic E-state index is 4.53. The largest absolute Gasteiger partial charge is 0.673 e. The summed E-state index contributed by atoms with van der Waals surface area (Å²) in [6, 6.07) is 1.03. The molecular formula is C19H42CoN4-4. The quantitative estimate of drug-likeness (QED) is 0.451. The summed E-state index contributed by atoms with van der Waals surface area (Å²) in [5.41, 5.74) is 0.0440. The van der Waals surface area contributed by atoms with Crippen LogP contribution >= 0.6 is 0 Å². The van der Waals surface area contributed by atoms with Gasteiger partial charge in [0.15, 0.2) is 0 Å². The first-order chi connectivity index (χ1) is 10.4. The molecule has 0 bridgehead atoms. The Morgan fingerprint density at radius 3 is 1.17 bits per heavy atom. The number of hydrogen-bond acceptors (Lipinski definition) is 0. The van der Waals surface area contributed by atoms with E-state index in [-0.39, 0.29) is 34.0 Å². The second-order valence-electron chi connectivity index (χ2n) is 8.11. The average molecular weight is 386 g/mol. The van der Waals surface area contributed by atoms with Gasteiger partial charge in [-0.25, -0.2) is 6.17 Å². The molecule has 151 valence electrons. The predicted octanol–water partition coefficient (Wildman–Crippen LogP) is 6.62. The van der Waals surface area contributed by atoms with Gasteiger partial charge < -0.3 is 21.3 Å². The monoisotopic (exact) mass is 385 g/mol. The van der Waals surface area contributed by atoms with Crippen LogP contribution in [0.5, 0.6) is 0 Å². The molecule has 0 aliphatic rings. The molecule has 0 aromatic rings. The Hall–Kier alpha value is 0.346. The summed E-state index contributed by atoms with van der Waals surface area (Å²) in [5, 5.41) is 17.6. The molecule has 0 amide bonds. The average Bonchev–Trinajstić information content (AvgIpc) is 2.36. The standard InChI is InChI=1S/C10H22N2.C9H20N2.Co/c1-8(11-9(2,3)4)12-10(5,6)7;1-5-8(10-3)7-9(6-2)11-4;/h8H,1-7H3;8-9H,5-7H2,1-4H3;/q2*-2;. The third-order valence-electron chi connectivity index (χ3n) is 3.37. The zero-order chi connectivity index (χ0) is 18.7. The van der Waals surface area contributed by atoms with Crippen molar-refractivity contribution in [3.63, 3.8) is 0 Å². The fourth-order valence-corrected chi connectivity index (χ4v) is 2.37. The van der Waals surface area contributed by atoms with Crippen LogP contribution in [0.1, 0.15) is 81.6 Å². The Morgan fingerprint density at radius 2 is 1.00 bits per heavy atom. The van der Waals surface area contributed by atoms with Crippen LogP contribution < -0.4 is 0 Å². The van der Waals surface area contributed by atoms with Gasteiger partial charge in [0, 0.05) is 16.8 Å². The minimum absolute atomic E-state index is 0. The van der Waals surface area contributed by atoms with E-state index in [0.717, 1.165) is 19.3 Å². The van der Waals surface area contributed by atoms with E-state index < -0.39 is 0 Å². The molecule has 0 aliphatic heterocycles. The van der Waals surface area contributed by atoms with Crippen molar-refractivity contribution in [2.75, 3.05) is 14.1 Å². The molecule has 0 saturated carbocycles. The fourth-order valence-electron chi connectivity index (χ4n) is 2.37. The molecule has 0 rings (SSSR count). The van der Waals surface area contributed by atoms with E-state index >= 15 is 0 Å². The summed E-state index contributed by atoms with van der Waals surface area (Å²) < 4.78 is 0. The number of rotatable bonds is 8. The summed E-state index contributed by atoms with van der Waals surface area (Å²) in [7, 11) is 3.80. The molecule has 0 aromatic heterocycles. The molecule has 0 aromatic carbocycles. The number of nitrogens with zero attached hydrogens (tertiary/aromatic N) is 4. The third kappa shape index (κ3) is 20.4. The van der Waals surface area contributed by atoms with Gasteiger partial charge in [-0.2, -0.15) is 14.1 Å². The van der Waals surface area contributed by atoms with Crippen molar-refractivity contribution in [2.24, 2.45) is 0 Å². The predicted molar refractivity (Wildman–Crippen MR) is 107 cm³/mol. The Morgan fingerprint density at radius 1 is 0.708 bits per heavy atom. The molecule has 0 fully saturated rings. The summed E-state index contributed by atoms with van der Waals surface area (Å²) >= 11 is 0. The summed E-state index contributed by atoms with van der Waals surface area (Å²) in [5.74, 6) is 0. The first-order valence-corrected chi connectivity index (χ1v) is 9.00. The van der Waals surface area contributed by atoms with Gasteiger partial charge >= 0.3 is 0 Å². The molecule has 24 heavy (non-hydrogen) atoms. The molecule has 0 heterocycles. The molecule has 2 unspecified atom stereocenters. The molecule has 2 atom stereocenters. The molecule has 5 heteroatoms. The zero-order valence-electron chi connectivity index (χ0n) is 18.0. The minimum Gasteiger partial charge on any atom is -0.673 e. The normalized spacial score (nSPS) is 14.5. The van der Waals surface area contributed by atoms with Gasteiger partial charge in [-0.1, -0.05) is 74.7 Å². The van der Waals surface area contributed by atoms with Crippen molar-refractivity contribution in [3.05, 3.63) is 21.3 Å². The van der Waals surface area contributed by atoms with E-state index in [2.05, 4.69) is 76.7 Å². The topological polar surface area (TPSA) is 56.4 Å². The Kier molecular flexibility index (Phi) is 17.6. The summed E-state index contributed by atoms with van der Waals surface area (Å²) in [6.07, 6.45) is 3.51. The van der Waals surface area contributed by atoms with Crippen LogP contribution in [0.2, 0.25) is 0 Å². The van der Waals surface area contributed by atoms with Crippen molar-refractivity contribution in [3.8, 4) is 0 Å². The van der Waals surface area contributed by atoms with Gasteiger partial charge in [0.25, 0.3) is 0 Å². The fraction of sp³-hybridized carbons (Fsp3) is 1.00. The molecule has 0 spiro atoms. The molecular weight excluding hydrogens is 343 g/mol. The number of hydrogen-bond donors (Lipinski definition) is 0. The second-order valence-corrected chi connectivity index (χ2v) is 8.11. The SMILES string of the molecule is CC([N-]C(C)(C)C)[N-]C(C)(C)C.CCC(CC(CC)[N-]C)[N-]C.[Co]. The smallest absolute Gasteiger partial charge is 0 e. The minimum atomic E-state index is 0. The van der Waals surface area contributed by atoms with E-state index in [0.29, 0.717) is 12.1 Å². The van der Waals surface area contributed by atoms with Crippen LogP contribution in [-0.2, 0) is 16.8 Å². The van der Waals surface area contributed by atoms with E-state index in [1.807, 2.05) is 21.0 Å². The second kappa shape index (κ2) is 14.5. The van der Waals surface area contributed by atoms with Crippen molar-refractivity contribution in [2.45, 2.75) is 111 Å². The zero-order valence-corrected chi connectivity index (χ0v) is 19.0. The summed E-state index contributed by atoms with van der Waals surface area (Å²) in [4.78, 5) is 0. The van der Waals surface area contributed by atoms with Gasteiger partial charge in [0.1, 0.15) is 0 Å². The van der Waals surface area contributed by atoms with E-state index in [9.17, 15) is 0 Å². The van der Waals surface area contributed by atoms with E-state index in [1.165, 1.54) is 0 Å². The van der Waals surface area contributed by atoms with Crippen molar-refractivity contribution >= 4 is 0 Å². The maximum absolute atomic E-state index is 4.53.